The number of rotatable bonds is 4. The van der Waals surface area contributed by atoms with Gasteiger partial charge in [-0.3, -0.25) is 4.21 Å². The van der Waals surface area contributed by atoms with Gasteiger partial charge in [-0.25, -0.2) is 4.79 Å². The summed E-state index contributed by atoms with van der Waals surface area (Å²) in [5.74, 6) is 0. The zero-order valence-electron chi connectivity index (χ0n) is 12.0. The van der Waals surface area contributed by atoms with Gasteiger partial charge >= 0.3 is 6.03 Å². The first-order chi connectivity index (χ1) is 10.9. The third-order valence-corrected chi connectivity index (χ3v) is 4.59. The molecule has 5 nitrogen and oxygen atoms in total. The number of benzene rings is 2. The summed E-state index contributed by atoms with van der Waals surface area (Å²) in [6.45, 7) is 1.78. The minimum absolute atomic E-state index is 0.148. The Morgan fingerprint density at radius 2 is 1.83 bits per heavy atom. The lowest BCUT2D eigenvalue weighted by Gasteiger charge is -2.17. The van der Waals surface area contributed by atoms with Crippen molar-refractivity contribution in [2.45, 2.75) is 17.9 Å². The Balaban J connectivity index is 2.01. The first kappa shape index (κ1) is 17.7. The fourth-order valence-corrected chi connectivity index (χ4v) is 2.78. The molecule has 0 heterocycles. The number of carbonyl (C=O) groups excluding carboxylic acids is 1. The van der Waals surface area contributed by atoms with Gasteiger partial charge in [-0.15, -0.1) is 0 Å². The molecule has 2 aromatic carbocycles. The van der Waals surface area contributed by atoms with Gasteiger partial charge in [-0.05, 0) is 53.9 Å². The van der Waals surface area contributed by atoms with Crippen molar-refractivity contribution in [3.8, 4) is 0 Å². The number of anilines is 1. The Morgan fingerprint density at radius 3 is 2.43 bits per heavy atom. The van der Waals surface area contributed by atoms with Crippen molar-refractivity contribution < 1.29 is 13.6 Å². The van der Waals surface area contributed by atoms with Crippen molar-refractivity contribution in [2.24, 2.45) is 0 Å². The summed E-state index contributed by atoms with van der Waals surface area (Å²) in [5, 5.41) is 6.16. The van der Waals surface area contributed by atoms with E-state index in [2.05, 4.69) is 10.6 Å². The summed E-state index contributed by atoms with van der Waals surface area (Å²) in [7, 11) is 0. The summed E-state index contributed by atoms with van der Waals surface area (Å²) in [4.78, 5) is 12.1. The Kier molecular flexibility index (Phi) is 6.01. The normalized spacial score (nSPS) is 13.2. The van der Waals surface area contributed by atoms with Crippen LogP contribution in [0.5, 0.6) is 0 Å². The Morgan fingerprint density at radius 1 is 1.17 bits per heavy atom. The molecule has 23 heavy (non-hydrogen) atoms. The number of halogens is 2. The maximum absolute atomic E-state index is 12.0. The van der Waals surface area contributed by atoms with E-state index in [1.165, 1.54) is 24.3 Å². The van der Waals surface area contributed by atoms with Crippen molar-refractivity contribution in [3.63, 3.8) is 0 Å². The van der Waals surface area contributed by atoms with Gasteiger partial charge in [0.15, 0.2) is 0 Å². The summed E-state index contributed by atoms with van der Waals surface area (Å²) in [5.41, 5.74) is 1.17. The average Bonchev–Trinajstić information content (AvgIpc) is 2.50. The van der Waals surface area contributed by atoms with E-state index in [-0.39, 0.29) is 10.9 Å². The van der Waals surface area contributed by atoms with Crippen molar-refractivity contribution in [1.82, 2.24) is 5.32 Å². The molecule has 0 aliphatic carbocycles. The van der Waals surface area contributed by atoms with E-state index in [1.807, 2.05) is 0 Å². The second kappa shape index (κ2) is 7.79. The molecule has 1 unspecified atom stereocenters. The summed E-state index contributed by atoms with van der Waals surface area (Å²) in [6.07, 6.45) is 0. The highest BCUT2D eigenvalue weighted by molar-refractivity contribution is 7.79. The summed E-state index contributed by atoms with van der Waals surface area (Å²) < 4.78 is 21.5. The van der Waals surface area contributed by atoms with E-state index >= 15 is 0 Å². The number of carbonyl (C=O) groups is 1. The second-order valence-electron chi connectivity index (χ2n) is 4.72. The Hall–Kier alpha value is -1.60. The Bertz CT molecular complexity index is 738. The fourth-order valence-electron chi connectivity index (χ4n) is 1.95. The minimum atomic E-state index is -2.29. The number of urea groups is 1. The molecule has 2 rings (SSSR count). The predicted molar refractivity (Wildman–Crippen MR) is 90.7 cm³/mol. The lowest BCUT2D eigenvalue weighted by atomic mass is 10.1. The van der Waals surface area contributed by atoms with Gasteiger partial charge in [0.2, 0.25) is 0 Å². The molecular weight excluding hydrogens is 359 g/mol. The van der Waals surface area contributed by atoms with Crippen molar-refractivity contribution in [1.29, 1.82) is 0 Å². The molecule has 0 saturated heterocycles. The summed E-state index contributed by atoms with van der Waals surface area (Å²) >= 11 is 9.78. The number of nitrogens with one attached hydrogen (secondary N) is 2. The minimum Gasteiger partial charge on any atom is -0.768 e. The molecule has 2 aromatic rings. The van der Waals surface area contributed by atoms with Crippen LogP contribution in [0.15, 0.2) is 47.4 Å². The zero-order chi connectivity index (χ0) is 17.0. The first-order valence-electron chi connectivity index (χ1n) is 6.59. The van der Waals surface area contributed by atoms with Crippen LogP contribution in [0.25, 0.3) is 0 Å². The highest BCUT2D eigenvalue weighted by Gasteiger charge is 2.14. The second-order valence-corrected chi connectivity index (χ2v) is 6.45. The van der Waals surface area contributed by atoms with Crippen LogP contribution in [-0.4, -0.2) is 14.8 Å². The van der Waals surface area contributed by atoms with Crippen molar-refractivity contribution in [2.75, 3.05) is 5.32 Å². The maximum atomic E-state index is 12.0. The van der Waals surface area contributed by atoms with E-state index in [0.717, 1.165) is 0 Å². The van der Waals surface area contributed by atoms with Gasteiger partial charge in [0.05, 0.1) is 16.1 Å². The lowest BCUT2D eigenvalue weighted by molar-refractivity contribution is 0.249. The standard InChI is InChI=1S/C15H14Cl2N2O3S/c1-9(12-3-2-4-13(16)14(12)17)18-15(20)19-10-5-7-11(8-6-10)23(21)22/h2-9H,1H3,(H,21,22)(H2,18,19,20)/p-1/t9-/m0/s1. The molecular formula is C15H13Cl2N2O3S-. The largest absolute Gasteiger partial charge is 0.768 e. The molecule has 0 fully saturated rings. The van der Waals surface area contributed by atoms with Crippen LogP contribution < -0.4 is 10.6 Å². The summed E-state index contributed by atoms with van der Waals surface area (Å²) in [6, 6.07) is 10.2. The third-order valence-electron chi connectivity index (χ3n) is 3.10. The predicted octanol–water partition coefficient (Wildman–Crippen LogP) is 4.11. The molecule has 2 amide bonds. The van der Waals surface area contributed by atoms with Crippen LogP contribution in [0.3, 0.4) is 0 Å². The van der Waals surface area contributed by atoms with Gasteiger partial charge in [0.25, 0.3) is 0 Å². The molecule has 0 bridgehead atoms. The zero-order valence-corrected chi connectivity index (χ0v) is 14.3. The molecule has 0 radical (unpaired) electrons. The lowest BCUT2D eigenvalue weighted by Crippen LogP contribution is -2.31. The topological polar surface area (TPSA) is 81.3 Å². The third kappa shape index (κ3) is 4.68. The molecule has 2 N–H and O–H groups in total. The number of hydrogen-bond acceptors (Lipinski definition) is 3. The molecule has 0 spiro atoms. The van der Waals surface area contributed by atoms with Gasteiger partial charge in [-0.1, -0.05) is 35.3 Å². The molecule has 0 aliphatic rings. The Labute approximate surface area is 146 Å². The van der Waals surface area contributed by atoms with Crippen molar-refractivity contribution >= 4 is 46.0 Å². The SMILES string of the molecule is C[C@H](NC(=O)Nc1ccc(S(=O)[O-])cc1)c1cccc(Cl)c1Cl. The van der Waals surface area contributed by atoms with Crippen LogP contribution in [0.2, 0.25) is 10.0 Å². The van der Waals surface area contributed by atoms with E-state index in [4.69, 9.17) is 23.2 Å². The number of amides is 2. The van der Waals surface area contributed by atoms with Gasteiger partial charge in [-0.2, -0.15) is 0 Å². The molecule has 122 valence electrons. The maximum Gasteiger partial charge on any atom is 0.319 e. The van der Waals surface area contributed by atoms with Crippen LogP contribution in [-0.2, 0) is 11.1 Å². The monoisotopic (exact) mass is 371 g/mol. The van der Waals surface area contributed by atoms with Gasteiger partial charge in [0.1, 0.15) is 0 Å². The van der Waals surface area contributed by atoms with Gasteiger partial charge in [0, 0.05) is 10.6 Å². The van der Waals surface area contributed by atoms with E-state index in [0.29, 0.717) is 21.3 Å². The molecule has 0 aromatic heterocycles. The van der Waals surface area contributed by atoms with Crippen molar-refractivity contribution in [3.05, 3.63) is 58.1 Å². The van der Waals surface area contributed by atoms with E-state index in [9.17, 15) is 13.6 Å². The van der Waals surface area contributed by atoms with Crippen LogP contribution in [0.1, 0.15) is 18.5 Å². The average molecular weight is 372 g/mol. The first-order valence-corrected chi connectivity index (χ1v) is 8.42. The molecule has 0 aliphatic heterocycles. The van der Waals surface area contributed by atoms with Crippen LogP contribution >= 0.6 is 23.2 Å². The quantitative estimate of drug-likeness (QED) is 0.793. The van der Waals surface area contributed by atoms with E-state index in [1.54, 1.807) is 25.1 Å². The highest BCUT2D eigenvalue weighted by Crippen LogP contribution is 2.29. The highest BCUT2D eigenvalue weighted by atomic mass is 35.5. The smallest absolute Gasteiger partial charge is 0.319 e. The fraction of sp³-hybridized carbons (Fsp3) is 0.133. The molecule has 2 atom stereocenters. The van der Waals surface area contributed by atoms with Gasteiger partial charge < -0.3 is 15.2 Å². The van der Waals surface area contributed by atoms with E-state index < -0.39 is 17.1 Å². The molecule has 8 heteroatoms. The molecule has 0 saturated carbocycles. The van der Waals surface area contributed by atoms with Crippen LogP contribution in [0.4, 0.5) is 10.5 Å². The number of hydrogen-bond donors (Lipinski definition) is 2. The van der Waals surface area contributed by atoms with Crippen LogP contribution in [0, 0.1) is 0 Å².